The first-order chi connectivity index (χ1) is 9.75. The van der Waals surface area contributed by atoms with Gasteiger partial charge in [0.25, 0.3) is 0 Å². The predicted molar refractivity (Wildman–Crippen MR) is 76.2 cm³/mol. The number of aromatic nitrogens is 2. The van der Waals surface area contributed by atoms with E-state index in [0.29, 0.717) is 22.5 Å². The van der Waals surface area contributed by atoms with Crippen molar-refractivity contribution in [3.05, 3.63) is 60.9 Å². The van der Waals surface area contributed by atoms with E-state index in [0.717, 1.165) is 0 Å². The first-order valence-corrected chi connectivity index (χ1v) is 6.14. The minimum atomic E-state index is 0.162. The van der Waals surface area contributed by atoms with E-state index in [-0.39, 0.29) is 11.5 Å². The molecule has 0 fully saturated rings. The van der Waals surface area contributed by atoms with Gasteiger partial charge in [0.05, 0.1) is 11.4 Å². The summed E-state index contributed by atoms with van der Waals surface area (Å²) < 4.78 is 0. The molecule has 0 saturated heterocycles. The maximum absolute atomic E-state index is 9.87. The Labute approximate surface area is 116 Å². The van der Waals surface area contributed by atoms with E-state index in [1.807, 2.05) is 12.1 Å². The quantitative estimate of drug-likeness (QED) is 0.745. The SMILES string of the molecule is Oc1ccccc1-c1cc(-c2ccccc2O)ncn1. The fourth-order valence-corrected chi connectivity index (χ4v) is 2.03. The molecule has 0 aliphatic rings. The van der Waals surface area contributed by atoms with Crippen LogP contribution in [0.4, 0.5) is 0 Å². The molecule has 0 saturated carbocycles. The van der Waals surface area contributed by atoms with Crippen molar-refractivity contribution in [3.8, 4) is 34.0 Å². The highest BCUT2D eigenvalue weighted by molar-refractivity contribution is 5.73. The zero-order valence-electron chi connectivity index (χ0n) is 10.6. The summed E-state index contributed by atoms with van der Waals surface area (Å²) in [6, 6.07) is 15.7. The van der Waals surface area contributed by atoms with Crippen molar-refractivity contribution in [1.82, 2.24) is 9.97 Å². The average Bonchev–Trinajstić information content (AvgIpc) is 2.48. The van der Waals surface area contributed by atoms with Crippen LogP contribution < -0.4 is 0 Å². The monoisotopic (exact) mass is 264 g/mol. The fraction of sp³-hybridized carbons (Fsp3) is 0. The van der Waals surface area contributed by atoms with Crippen LogP contribution in [0.25, 0.3) is 22.5 Å². The number of phenols is 2. The summed E-state index contributed by atoms with van der Waals surface area (Å²) in [7, 11) is 0. The summed E-state index contributed by atoms with van der Waals surface area (Å²) in [5.74, 6) is 0.323. The highest BCUT2D eigenvalue weighted by Gasteiger charge is 2.09. The molecule has 4 heteroatoms. The number of rotatable bonds is 2. The largest absolute Gasteiger partial charge is 0.507 e. The van der Waals surface area contributed by atoms with Crippen molar-refractivity contribution >= 4 is 0 Å². The lowest BCUT2D eigenvalue weighted by Crippen LogP contribution is -1.90. The second kappa shape index (κ2) is 5.01. The molecular weight excluding hydrogens is 252 g/mol. The molecule has 0 atom stereocenters. The maximum atomic E-state index is 9.87. The summed E-state index contributed by atoms with van der Waals surface area (Å²) in [4.78, 5) is 8.35. The normalized spacial score (nSPS) is 10.4. The molecule has 3 rings (SSSR count). The molecule has 1 heterocycles. The van der Waals surface area contributed by atoms with E-state index in [1.54, 1.807) is 42.5 Å². The third kappa shape index (κ3) is 2.19. The number of hydrogen-bond donors (Lipinski definition) is 2. The Kier molecular flexibility index (Phi) is 3.05. The van der Waals surface area contributed by atoms with Crippen molar-refractivity contribution in [2.75, 3.05) is 0 Å². The van der Waals surface area contributed by atoms with E-state index < -0.39 is 0 Å². The highest BCUT2D eigenvalue weighted by atomic mass is 16.3. The predicted octanol–water partition coefficient (Wildman–Crippen LogP) is 3.22. The molecule has 98 valence electrons. The molecule has 0 spiro atoms. The highest BCUT2D eigenvalue weighted by Crippen LogP contribution is 2.31. The molecule has 2 N–H and O–H groups in total. The smallest absolute Gasteiger partial charge is 0.124 e. The summed E-state index contributed by atoms with van der Waals surface area (Å²) >= 11 is 0. The Balaban J connectivity index is 2.12. The van der Waals surface area contributed by atoms with Gasteiger partial charge in [-0.2, -0.15) is 0 Å². The van der Waals surface area contributed by atoms with Crippen LogP contribution >= 0.6 is 0 Å². The Morgan fingerprint density at radius 2 is 1.10 bits per heavy atom. The van der Waals surface area contributed by atoms with Crippen LogP contribution in [0.15, 0.2) is 60.9 Å². The van der Waals surface area contributed by atoms with Gasteiger partial charge in [-0.15, -0.1) is 0 Å². The third-order valence-corrected chi connectivity index (χ3v) is 3.03. The molecule has 0 aliphatic heterocycles. The lowest BCUT2D eigenvalue weighted by atomic mass is 10.1. The average molecular weight is 264 g/mol. The van der Waals surface area contributed by atoms with Gasteiger partial charge in [-0.25, -0.2) is 9.97 Å². The van der Waals surface area contributed by atoms with Crippen LogP contribution in [0.2, 0.25) is 0 Å². The van der Waals surface area contributed by atoms with Gasteiger partial charge in [0.15, 0.2) is 0 Å². The third-order valence-electron chi connectivity index (χ3n) is 3.03. The lowest BCUT2D eigenvalue weighted by molar-refractivity contribution is 0.477. The Morgan fingerprint density at radius 3 is 1.55 bits per heavy atom. The number of nitrogens with zero attached hydrogens (tertiary/aromatic N) is 2. The van der Waals surface area contributed by atoms with E-state index >= 15 is 0 Å². The molecular formula is C16H12N2O2. The van der Waals surface area contributed by atoms with E-state index in [4.69, 9.17) is 0 Å². The van der Waals surface area contributed by atoms with Crippen LogP contribution in [-0.4, -0.2) is 20.2 Å². The number of aromatic hydroxyl groups is 2. The molecule has 0 aliphatic carbocycles. The number of para-hydroxylation sites is 2. The first kappa shape index (κ1) is 12.2. The molecule has 0 radical (unpaired) electrons. The zero-order chi connectivity index (χ0) is 13.9. The standard InChI is InChI=1S/C16H12N2O2/c19-15-7-3-1-5-11(15)13-9-14(18-10-17-13)12-6-2-4-8-16(12)20/h1-10,19-20H. The van der Waals surface area contributed by atoms with Gasteiger partial charge in [-0.3, -0.25) is 0 Å². The maximum Gasteiger partial charge on any atom is 0.124 e. The number of hydrogen-bond acceptors (Lipinski definition) is 4. The fourth-order valence-electron chi connectivity index (χ4n) is 2.03. The van der Waals surface area contributed by atoms with Gasteiger partial charge in [-0.05, 0) is 30.3 Å². The first-order valence-electron chi connectivity index (χ1n) is 6.14. The molecule has 1 aromatic heterocycles. The van der Waals surface area contributed by atoms with Crippen molar-refractivity contribution in [3.63, 3.8) is 0 Å². The Hall–Kier alpha value is -2.88. The van der Waals surface area contributed by atoms with E-state index in [2.05, 4.69) is 9.97 Å². The van der Waals surface area contributed by atoms with Crippen molar-refractivity contribution < 1.29 is 10.2 Å². The second-order valence-electron chi connectivity index (χ2n) is 4.32. The van der Waals surface area contributed by atoms with Gasteiger partial charge < -0.3 is 10.2 Å². The van der Waals surface area contributed by atoms with Crippen molar-refractivity contribution in [2.45, 2.75) is 0 Å². The molecule has 4 nitrogen and oxygen atoms in total. The van der Waals surface area contributed by atoms with E-state index in [1.165, 1.54) is 6.33 Å². The Bertz CT molecular complexity index is 696. The summed E-state index contributed by atoms with van der Waals surface area (Å²) in [6.07, 6.45) is 1.42. The molecule has 0 bridgehead atoms. The summed E-state index contributed by atoms with van der Waals surface area (Å²) in [5, 5.41) is 19.7. The number of benzene rings is 2. The Morgan fingerprint density at radius 1 is 0.650 bits per heavy atom. The molecule has 20 heavy (non-hydrogen) atoms. The van der Waals surface area contributed by atoms with Crippen molar-refractivity contribution in [1.29, 1.82) is 0 Å². The summed E-state index contributed by atoms with van der Waals surface area (Å²) in [5.41, 5.74) is 2.48. The zero-order valence-corrected chi connectivity index (χ0v) is 10.6. The minimum absolute atomic E-state index is 0.162. The second-order valence-corrected chi connectivity index (χ2v) is 4.32. The summed E-state index contributed by atoms with van der Waals surface area (Å²) in [6.45, 7) is 0. The van der Waals surface area contributed by atoms with Gasteiger partial charge >= 0.3 is 0 Å². The minimum Gasteiger partial charge on any atom is -0.507 e. The molecule has 3 aromatic rings. The molecule has 0 unspecified atom stereocenters. The van der Waals surface area contributed by atoms with Crippen LogP contribution in [-0.2, 0) is 0 Å². The van der Waals surface area contributed by atoms with Crippen LogP contribution in [0.3, 0.4) is 0 Å². The van der Waals surface area contributed by atoms with Gasteiger partial charge in [0.1, 0.15) is 17.8 Å². The van der Waals surface area contributed by atoms with Crippen LogP contribution in [0.1, 0.15) is 0 Å². The van der Waals surface area contributed by atoms with Gasteiger partial charge in [-0.1, -0.05) is 24.3 Å². The van der Waals surface area contributed by atoms with Crippen LogP contribution in [0, 0.1) is 0 Å². The molecule has 0 amide bonds. The number of phenolic OH excluding ortho intramolecular Hbond substituents is 2. The lowest BCUT2D eigenvalue weighted by Gasteiger charge is -2.07. The van der Waals surface area contributed by atoms with E-state index in [9.17, 15) is 10.2 Å². The van der Waals surface area contributed by atoms with Crippen molar-refractivity contribution in [2.24, 2.45) is 0 Å². The van der Waals surface area contributed by atoms with Gasteiger partial charge in [0, 0.05) is 11.1 Å². The molecule has 2 aromatic carbocycles. The van der Waals surface area contributed by atoms with Crippen LogP contribution in [0.5, 0.6) is 11.5 Å². The van der Waals surface area contributed by atoms with Gasteiger partial charge in [0.2, 0.25) is 0 Å². The topological polar surface area (TPSA) is 66.2 Å².